The summed E-state index contributed by atoms with van der Waals surface area (Å²) in [5, 5.41) is 0. The number of carbonyl (C=O) groups excluding carboxylic acids is 1. The molecule has 0 heterocycles. The van der Waals surface area contributed by atoms with Crippen molar-refractivity contribution in [2.24, 2.45) is 11.8 Å². The summed E-state index contributed by atoms with van der Waals surface area (Å²) in [5.74, 6) is 2.70. The molecule has 1 aromatic carbocycles. The van der Waals surface area contributed by atoms with Gasteiger partial charge in [-0.1, -0.05) is 55.5 Å². The van der Waals surface area contributed by atoms with Crippen molar-refractivity contribution in [2.45, 2.75) is 85.0 Å². The molecule has 128 valence electrons. The van der Waals surface area contributed by atoms with Gasteiger partial charge in [-0.3, -0.25) is 0 Å². The maximum atomic E-state index is 11.3. The van der Waals surface area contributed by atoms with Crippen LogP contribution in [-0.4, -0.2) is 5.78 Å². The molecule has 0 bridgehead atoms. The molecule has 0 aromatic heterocycles. The average molecular weight is 315 g/mol. The van der Waals surface area contributed by atoms with Gasteiger partial charge in [0.1, 0.15) is 5.78 Å². The fraction of sp³-hybridized carbons (Fsp3) is 0.682. The fourth-order valence-electron chi connectivity index (χ4n) is 4.75. The lowest BCUT2D eigenvalue weighted by atomic mass is 9.75. The third-order valence-corrected chi connectivity index (χ3v) is 5.61. The molecule has 1 unspecified atom stereocenters. The van der Waals surface area contributed by atoms with E-state index in [-0.39, 0.29) is 0 Å². The van der Waals surface area contributed by atoms with E-state index in [0.29, 0.717) is 5.78 Å². The lowest BCUT2D eigenvalue weighted by molar-refractivity contribution is -0.117. The van der Waals surface area contributed by atoms with Crippen LogP contribution in [0.4, 0.5) is 0 Å². The minimum absolute atomic E-state index is 0.345. The summed E-state index contributed by atoms with van der Waals surface area (Å²) in [6.45, 7) is 8.47. The topological polar surface area (TPSA) is 17.1 Å². The monoisotopic (exact) mass is 314 g/mol. The van der Waals surface area contributed by atoms with Crippen LogP contribution in [0.3, 0.4) is 0 Å². The number of rotatable bonds is 8. The highest BCUT2D eigenvalue weighted by Gasteiger charge is 2.34. The van der Waals surface area contributed by atoms with Crippen LogP contribution in [0.1, 0.15) is 87.8 Å². The Kier molecular flexibility index (Phi) is 6.87. The summed E-state index contributed by atoms with van der Waals surface area (Å²) in [6, 6.07) is 7.10. The van der Waals surface area contributed by atoms with Crippen LogP contribution in [0, 0.1) is 25.7 Å². The molecule has 23 heavy (non-hydrogen) atoms. The maximum absolute atomic E-state index is 11.3. The van der Waals surface area contributed by atoms with Crippen molar-refractivity contribution in [3.8, 4) is 0 Å². The molecule has 1 aromatic rings. The number of Topliss-reactive ketones (excluding diaryl/α,β-unsaturated/α-hetero) is 1. The second-order valence-electron chi connectivity index (χ2n) is 7.77. The first-order valence-electron chi connectivity index (χ1n) is 9.59. The molecule has 0 aliphatic heterocycles. The minimum atomic E-state index is 0.345. The van der Waals surface area contributed by atoms with E-state index >= 15 is 0 Å². The third kappa shape index (κ3) is 5.19. The number of carbonyl (C=O) groups is 1. The molecule has 0 radical (unpaired) electrons. The molecular formula is C22H34O. The Labute approximate surface area is 142 Å². The van der Waals surface area contributed by atoms with Crippen LogP contribution in [-0.2, 0) is 4.79 Å². The van der Waals surface area contributed by atoms with Crippen molar-refractivity contribution >= 4 is 5.78 Å². The molecule has 2 rings (SSSR count). The summed E-state index contributed by atoms with van der Waals surface area (Å²) in [5.41, 5.74) is 4.36. The lowest BCUT2D eigenvalue weighted by Crippen LogP contribution is -2.18. The second kappa shape index (κ2) is 8.66. The Balaban J connectivity index is 2.11. The van der Waals surface area contributed by atoms with E-state index in [1.807, 2.05) is 0 Å². The highest BCUT2D eigenvalue weighted by Crippen LogP contribution is 2.46. The van der Waals surface area contributed by atoms with Gasteiger partial charge in [-0.25, -0.2) is 0 Å². The molecule has 1 aliphatic rings. The maximum Gasteiger partial charge on any atom is 0.129 e. The van der Waals surface area contributed by atoms with E-state index in [1.54, 1.807) is 12.5 Å². The molecule has 0 saturated heterocycles. The summed E-state index contributed by atoms with van der Waals surface area (Å²) in [7, 11) is 0. The van der Waals surface area contributed by atoms with E-state index in [1.165, 1.54) is 49.7 Å². The number of hydrogen-bond donors (Lipinski definition) is 0. The van der Waals surface area contributed by atoms with Gasteiger partial charge in [-0.15, -0.1) is 0 Å². The number of ketones is 1. The smallest absolute Gasteiger partial charge is 0.129 e. The zero-order valence-electron chi connectivity index (χ0n) is 15.5. The zero-order chi connectivity index (χ0) is 16.8. The lowest BCUT2D eigenvalue weighted by Gasteiger charge is -2.29. The van der Waals surface area contributed by atoms with Crippen molar-refractivity contribution in [1.29, 1.82) is 0 Å². The molecule has 0 N–H and O–H groups in total. The van der Waals surface area contributed by atoms with Crippen molar-refractivity contribution in [3.05, 3.63) is 34.9 Å². The van der Waals surface area contributed by atoms with E-state index in [4.69, 9.17) is 0 Å². The van der Waals surface area contributed by atoms with Gasteiger partial charge in [-0.05, 0) is 69.8 Å². The van der Waals surface area contributed by atoms with E-state index < -0.39 is 0 Å². The molecule has 0 spiro atoms. The summed E-state index contributed by atoms with van der Waals surface area (Å²) in [4.78, 5) is 11.3. The van der Waals surface area contributed by atoms with Gasteiger partial charge in [0.05, 0.1) is 0 Å². The van der Waals surface area contributed by atoms with Gasteiger partial charge < -0.3 is 4.79 Å². The first-order valence-corrected chi connectivity index (χ1v) is 9.59. The number of aryl methyl sites for hydroxylation is 2. The molecule has 1 aliphatic carbocycles. The van der Waals surface area contributed by atoms with Gasteiger partial charge >= 0.3 is 0 Å². The predicted octanol–water partition coefficient (Wildman–Crippen LogP) is 6.36. The van der Waals surface area contributed by atoms with Crippen molar-refractivity contribution in [2.75, 3.05) is 0 Å². The third-order valence-electron chi connectivity index (χ3n) is 5.61. The molecule has 1 fully saturated rings. The van der Waals surface area contributed by atoms with E-state index in [2.05, 4.69) is 39.0 Å². The van der Waals surface area contributed by atoms with Crippen LogP contribution in [0.25, 0.3) is 0 Å². The van der Waals surface area contributed by atoms with Crippen LogP contribution >= 0.6 is 0 Å². The Morgan fingerprint density at radius 3 is 2.43 bits per heavy atom. The summed E-state index contributed by atoms with van der Waals surface area (Å²) >= 11 is 0. The van der Waals surface area contributed by atoms with Crippen molar-refractivity contribution in [1.82, 2.24) is 0 Å². The molecule has 1 heteroatoms. The predicted molar refractivity (Wildman–Crippen MR) is 98.9 cm³/mol. The minimum Gasteiger partial charge on any atom is -0.300 e. The standard InChI is InChI=1S/C22H34O/c1-5-8-19(10-6-9-18(4)23)21-11-7-12-22(21)20-14-16(2)13-17(3)15-20/h13-15,19,21-22H,5-12H2,1-4H3/t19?,21-,22+/m1/s1. The second-order valence-corrected chi connectivity index (χ2v) is 7.77. The largest absolute Gasteiger partial charge is 0.300 e. The summed E-state index contributed by atoms with van der Waals surface area (Å²) in [6.07, 6.45) is 9.76. The SMILES string of the molecule is CCCC(CCCC(C)=O)[C@H]1CCC[C@H]1c1cc(C)cc(C)c1. The van der Waals surface area contributed by atoms with Gasteiger partial charge in [0.2, 0.25) is 0 Å². The first kappa shape index (κ1) is 18.2. The Morgan fingerprint density at radius 1 is 1.13 bits per heavy atom. The number of benzene rings is 1. The van der Waals surface area contributed by atoms with Gasteiger partial charge in [0, 0.05) is 6.42 Å². The highest BCUT2D eigenvalue weighted by molar-refractivity contribution is 5.75. The molecule has 3 atom stereocenters. The Hall–Kier alpha value is -1.11. The molecule has 1 nitrogen and oxygen atoms in total. The summed E-state index contributed by atoms with van der Waals surface area (Å²) < 4.78 is 0. The molecule has 0 amide bonds. The zero-order valence-corrected chi connectivity index (χ0v) is 15.5. The molecule has 1 saturated carbocycles. The number of hydrogen-bond acceptors (Lipinski definition) is 1. The van der Waals surface area contributed by atoms with Crippen LogP contribution in [0.5, 0.6) is 0 Å². The highest BCUT2D eigenvalue weighted by atomic mass is 16.1. The normalized spacial score (nSPS) is 22.3. The average Bonchev–Trinajstić information content (AvgIpc) is 2.94. The first-order chi connectivity index (χ1) is 11.0. The van der Waals surface area contributed by atoms with Gasteiger partial charge in [0.15, 0.2) is 0 Å². The Bertz CT molecular complexity index is 496. The van der Waals surface area contributed by atoms with Crippen LogP contribution < -0.4 is 0 Å². The molecular weight excluding hydrogens is 280 g/mol. The van der Waals surface area contributed by atoms with Gasteiger partial charge in [0.25, 0.3) is 0 Å². The van der Waals surface area contributed by atoms with Crippen molar-refractivity contribution < 1.29 is 4.79 Å². The quantitative estimate of drug-likeness (QED) is 0.545. The Morgan fingerprint density at radius 2 is 1.83 bits per heavy atom. The van der Waals surface area contributed by atoms with Gasteiger partial charge in [-0.2, -0.15) is 0 Å². The van der Waals surface area contributed by atoms with E-state index in [0.717, 1.165) is 30.6 Å². The van der Waals surface area contributed by atoms with Crippen LogP contribution in [0.2, 0.25) is 0 Å². The van der Waals surface area contributed by atoms with Crippen molar-refractivity contribution in [3.63, 3.8) is 0 Å². The van der Waals surface area contributed by atoms with E-state index in [9.17, 15) is 4.79 Å². The fourth-order valence-corrected chi connectivity index (χ4v) is 4.75. The van der Waals surface area contributed by atoms with Crippen LogP contribution in [0.15, 0.2) is 18.2 Å².